The van der Waals surface area contributed by atoms with Crippen molar-refractivity contribution >= 4 is 40.9 Å². The quantitative estimate of drug-likeness (QED) is 0.615. The van der Waals surface area contributed by atoms with Crippen LogP contribution in [-0.4, -0.2) is 24.2 Å². The highest BCUT2D eigenvalue weighted by Crippen LogP contribution is 2.45. The van der Waals surface area contributed by atoms with E-state index < -0.39 is 17.8 Å². The molecule has 8 heteroatoms. The lowest BCUT2D eigenvalue weighted by Gasteiger charge is -2.31. The summed E-state index contributed by atoms with van der Waals surface area (Å²) in [5, 5.41) is 14.1. The SMILES string of the molecule is CCOC(=O)C1=C(c2ccccc2)NC(SCC(N)=O)=C(C#N)[C@H]1c1ccccc1Cl. The standard InChI is InChI=1S/C23H20ClN3O3S/c1-2-30-23(29)20-19(15-10-6-7-11-17(15)24)16(12-25)22(31-13-18(26)28)27-21(20)14-8-4-3-5-9-14/h3-11,19,27H,2,13H2,1H3,(H2,26,28)/t19-/m1/s1. The van der Waals surface area contributed by atoms with E-state index in [-0.39, 0.29) is 23.5 Å². The van der Waals surface area contributed by atoms with Crippen molar-refractivity contribution in [1.82, 2.24) is 5.32 Å². The predicted molar refractivity (Wildman–Crippen MR) is 122 cm³/mol. The van der Waals surface area contributed by atoms with E-state index in [4.69, 9.17) is 22.1 Å². The molecule has 0 radical (unpaired) electrons. The molecule has 2 aromatic rings. The lowest BCUT2D eigenvalue weighted by molar-refractivity contribution is -0.138. The maximum Gasteiger partial charge on any atom is 0.337 e. The number of rotatable bonds is 7. The number of hydrogen-bond donors (Lipinski definition) is 2. The van der Waals surface area contributed by atoms with E-state index >= 15 is 0 Å². The minimum absolute atomic E-state index is 0.0282. The fourth-order valence-electron chi connectivity index (χ4n) is 3.32. The van der Waals surface area contributed by atoms with E-state index in [2.05, 4.69) is 11.4 Å². The van der Waals surface area contributed by atoms with Gasteiger partial charge in [0.2, 0.25) is 5.91 Å². The van der Waals surface area contributed by atoms with Crippen LogP contribution in [-0.2, 0) is 14.3 Å². The number of amides is 1. The number of benzene rings is 2. The number of nitriles is 1. The third kappa shape index (κ3) is 4.93. The average Bonchev–Trinajstić information content (AvgIpc) is 2.77. The Balaban J connectivity index is 2.30. The molecule has 158 valence electrons. The molecule has 6 nitrogen and oxygen atoms in total. The van der Waals surface area contributed by atoms with E-state index in [1.807, 2.05) is 30.3 Å². The number of nitrogens with one attached hydrogen (secondary N) is 1. The molecule has 3 rings (SSSR count). The summed E-state index contributed by atoms with van der Waals surface area (Å²) in [5.41, 5.74) is 7.69. The Morgan fingerprint density at radius 1 is 1.19 bits per heavy atom. The van der Waals surface area contributed by atoms with Gasteiger partial charge in [-0.1, -0.05) is 71.9 Å². The third-order valence-corrected chi connectivity index (χ3v) is 5.97. The van der Waals surface area contributed by atoms with Gasteiger partial charge in [0.05, 0.1) is 46.2 Å². The number of carbonyl (C=O) groups is 2. The van der Waals surface area contributed by atoms with Crippen molar-refractivity contribution in [2.75, 3.05) is 12.4 Å². The molecule has 0 saturated heterocycles. The van der Waals surface area contributed by atoms with Crippen molar-refractivity contribution in [1.29, 1.82) is 5.26 Å². The molecule has 1 atom stereocenters. The van der Waals surface area contributed by atoms with Gasteiger partial charge in [0, 0.05) is 5.02 Å². The molecule has 3 N–H and O–H groups in total. The molecular formula is C23H20ClN3O3S. The van der Waals surface area contributed by atoms with Crippen LogP contribution in [0.1, 0.15) is 24.0 Å². The summed E-state index contributed by atoms with van der Waals surface area (Å²) < 4.78 is 5.36. The molecule has 31 heavy (non-hydrogen) atoms. The van der Waals surface area contributed by atoms with E-state index in [0.29, 0.717) is 21.3 Å². The lowest BCUT2D eigenvalue weighted by atomic mass is 9.81. The highest BCUT2D eigenvalue weighted by Gasteiger charge is 2.38. The first-order valence-corrected chi connectivity index (χ1v) is 10.9. The van der Waals surface area contributed by atoms with Gasteiger partial charge in [0.15, 0.2) is 0 Å². The Morgan fingerprint density at radius 2 is 1.87 bits per heavy atom. The van der Waals surface area contributed by atoms with Crippen LogP contribution >= 0.6 is 23.4 Å². The second-order valence-corrected chi connectivity index (χ2v) is 7.96. The van der Waals surface area contributed by atoms with Crippen LogP contribution in [0.4, 0.5) is 0 Å². The molecule has 0 fully saturated rings. The summed E-state index contributed by atoms with van der Waals surface area (Å²) in [4.78, 5) is 24.5. The van der Waals surface area contributed by atoms with E-state index in [0.717, 1.165) is 17.3 Å². The fourth-order valence-corrected chi connectivity index (χ4v) is 4.35. The number of hydrogen-bond acceptors (Lipinski definition) is 6. The summed E-state index contributed by atoms with van der Waals surface area (Å²) in [5.74, 6) is -1.87. The number of dihydropyridines is 1. The van der Waals surface area contributed by atoms with Crippen molar-refractivity contribution < 1.29 is 14.3 Å². The van der Waals surface area contributed by atoms with E-state index in [1.54, 1.807) is 31.2 Å². The van der Waals surface area contributed by atoms with Crippen LogP contribution in [0.5, 0.6) is 0 Å². The number of halogens is 1. The molecule has 0 unspecified atom stereocenters. The Hall–Kier alpha value is -3.21. The normalized spacial score (nSPS) is 15.8. The molecule has 1 aliphatic rings. The van der Waals surface area contributed by atoms with Crippen molar-refractivity contribution in [2.24, 2.45) is 5.73 Å². The highest BCUT2D eigenvalue weighted by molar-refractivity contribution is 8.03. The predicted octanol–water partition coefficient (Wildman–Crippen LogP) is 3.95. The molecule has 0 bridgehead atoms. The number of esters is 1. The zero-order valence-electron chi connectivity index (χ0n) is 16.7. The summed E-state index contributed by atoms with van der Waals surface area (Å²) >= 11 is 7.60. The molecule has 0 aliphatic carbocycles. The van der Waals surface area contributed by atoms with Crippen molar-refractivity contribution in [2.45, 2.75) is 12.8 Å². The number of primary amides is 1. The molecular weight excluding hydrogens is 434 g/mol. The highest BCUT2D eigenvalue weighted by atomic mass is 35.5. The summed E-state index contributed by atoms with van der Waals surface area (Å²) in [6.07, 6.45) is 0. The minimum Gasteiger partial charge on any atom is -0.463 e. The molecule has 2 aromatic carbocycles. The first-order valence-electron chi connectivity index (χ1n) is 9.51. The van der Waals surface area contributed by atoms with Crippen molar-refractivity contribution in [3.05, 3.63) is 86.9 Å². The summed E-state index contributed by atoms with van der Waals surface area (Å²) in [7, 11) is 0. The first kappa shape index (κ1) is 22.5. The third-order valence-electron chi connectivity index (χ3n) is 4.58. The summed E-state index contributed by atoms with van der Waals surface area (Å²) in [6, 6.07) is 18.5. The van der Waals surface area contributed by atoms with Gasteiger partial charge in [-0.3, -0.25) is 4.79 Å². The number of allylic oxidation sites excluding steroid dienone is 1. The Labute approximate surface area is 189 Å². The number of carbonyl (C=O) groups excluding carboxylic acids is 2. The van der Waals surface area contributed by atoms with Gasteiger partial charge in [-0.15, -0.1) is 0 Å². The maximum atomic E-state index is 13.1. The minimum atomic E-state index is -0.774. The molecule has 1 heterocycles. The van der Waals surface area contributed by atoms with Crippen LogP contribution in [0.2, 0.25) is 5.02 Å². The van der Waals surface area contributed by atoms with Gasteiger partial charge in [-0.2, -0.15) is 5.26 Å². The van der Waals surface area contributed by atoms with Gasteiger partial charge in [0.25, 0.3) is 0 Å². The van der Waals surface area contributed by atoms with Gasteiger partial charge >= 0.3 is 5.97 Å². The van der Waals surface area contributed by atoms with Gasteiger partial charge < -0.3 is 15.8 Å². The van der Waals surface area contributed by atoms with Crippen LogP contribution in [0.25, 0.3) is 5.70 Å². The van der Waals surface area contributed by atoms with E-state index in [1.165, 1.54) is 0 Å². The molecule has 1 amide bonds. The fraction of sp³-hybridized carbons (Fsp3) is 0.174. The van der Waals surface area contributed by atoms with Crippen LogP contribution in [0.3, 0.4) is 0 Å². The van der Waals surface area contributed by atoms with Crippen molar-refractivity contribution in [3.8, 4) is 6.07 Å². The molecule has 0 spiro atoms. The summed E-state index contributed by atoms with van der Waals surface area (Å²) in [6.45, 7) is 1.89. The molecule has 0 aromatic heterocycles. The topological polar surface area (TPSA) is 105 Å². The number of nitrogens with two attached hydrogens (primary N) is 1. The van der Waals surface area contributed by atoms with Crippen LogP contribution in [0.15, 0.2) is 70.8 Å². The maximum absolute atomic E-state index is 13.1. The Bertz CT molecular complexity index is 1110. The monoisotopic (exact) mass is 453 g/mol. The van der Waals surface area contributed by atoms with Gasteiger partial charge in [-0.05, 0) is 24.1 Å². The number of ether oxygens (including phenoxy) is 1. The largest absolute Gasteiger partial charge is 0.463 e. The van der Waals surface area contributed by atoms with Crippen LogP contribution < -0.4 is 11.1 Å². The second kappa shape index (κ2) is 10.2. The average molecular weight is 454 g/mol. The Kier molecular flexibility index (Phi) is 7.40. The lowest BCUT2D eigenvalue weighted by Crippen LogP contribution is -2.30. The Morgan fingerprint density at radius 3 is 2.48 bits per heavy atom. The second-order valence-electron chi connectivity index (χ2n) is 6.56. The van der Waals surface area contributed by atoms with Crippen molar-refractivity contribution in [3.63, 3.8) is 0 Å². The molecule has 0 saturated carbocycles. The van der Waals surface area contributed by atoms with Crippen LogP contribution in [0, 0.1) is 11.3 Å². The van der Waals surface area contributed by atoms with Gasteiger partial charge in [-0.25, -0.2) is 4.79 Å². The van der Waals surface area contributed by atoms with E-state index in [9.17, 15) is 14.9 Å². The number of nitrogens with zero attached hydrogens (tertiary/aromatic N) is 1. The zero-order chi connectivity index (χ0) is 22.4. The first-order chi connectivity index (χ1) is 15.0. The smallest absolute Gasteiger partial charge is 0.337 e. The molecule has 1 aliphatic heterocycles. The zero-order valence-corrected chi connectivity index (χ0v) is 18.3. The van der Waals surface area contributed by atoms with Gasteiger partial charge in [0.1, 0.15) is 0 Å². The number of thioether (sulfide) groups is 1.